The highest BCUT2D eigenvalue weighted by Gasteiger charge is 2.20. The van der Waals surface area contributed by atoms with Crippen molar-refractivity contribution in [2.24, 2.45) is 0 Å². The van der Waals surface area contributed by atoms with Crippen LogP contribution in [0.1, 0.15) is 25.8 Å². The Hall–Kier alpha value is -0.600. The van der Waals surface area contributed by atoms with Gasteiger partial charge in [0.1, 0.15) is 5.15 Å². The summed E-state index contributed by atoms with van der Waals surface area (Å²) in [7, 11) is 0. The summed E-state index contributed by atoms with van der Waals surface area (Å²) in [5, 5.41) is 10.3. The van der Waals surface area contributed by atoms with Gasteiger partial charge in [0.05, 0.1) is 5.60 Å². The van der Waals surface area contributed by atoms with Crippen molar-refractivity contribution in [3.8, 4) is 0 Å². The van der Waals surface area contributed by atoms with Crippen LogP contribution in [0.4, 0.5) is 0 Å². The van der Waals surface area contributed by atoms with Crippen molar-refractivity contribution in [2.75, 3.05) is 0 Å². The van der Waals surface area contributed by atoms with Crippen LogP contribution in [0.3, 0.4) is 0 Å². The second-order valence-corrected chi connectivity index (χ2v) is 3.38. The van der Waals surface area contributed by atoms with Gasteiger partial charge in [-0.1, -0.05) is 18.5 Å². The van der Waals surface area contributed by atoms with Gasteiger partial charge in [-0.3, -0.25) is 0 Å². The molecule has 12 heavy (non-hydrogen) atoms. The Morgan fingerprint density at radius 3 is 2.83 bits per heavy atom. The van der Waals surface area contributed by atoms with Crippen molar-refractivity contribution in [3.63, 3.8) is 0 Å². The molecule has 0 amide bonds. The summed E-state index contributed by atoms with van der Waals surface area (Å²) in [5.74, 6) is 0. The molecule has 1 rings (SSSR count). The third-order valence-electron chi connectivity index (χ3n) is 2.04. The number of hydrogen-bond acceptors (Lipinski definition) is 2. The Labute approximate surface area is 77.2 Å². The first-order valence-corrected chi connectivity index (χ1v) is 4.28. The van der Waals surface area contributed by atoms with E-state index in [1.807, 2.05) is 6.92 Å². The van der Waals surface area contributed by atoms with Crippen LogP contribution in [-0.2, 0) is 5.60 Å². The molecular formula is C9H12ClNO. The van der Waals surface area contributed by atoms with Crippen LogP contribution < -0.4 is 0 Å². The minimum absolute atomic E-state index is 0.418. The van der Waals surface area contributed by atoms with Crippen molar-refractivity contribution in [1.29, 1.82) is 0 Å². The van der Waals surface area contributed by atoms with E-state index in [0.29, 0.717) is 11.6 Å². The number of nitrogens with zero attached hydrogens (tertiary/aromatic N) is 1. The zero-order valence-electron chi connectivity index (χ0n) is 7.21. The molecule has 1 aromatic heterocycles. The minimum Gasteiger partial charge on any atom is -0.385 e. The van der Waals surface area contributed by atoms with Gasteiger partial charge >= 0.3 is 0 Å². The molecular weight excluding hydrogens is 174 g/mol. The second-order valence-electron chi connectivity index (χ2n) is 2.99. The van der Waals surface area contributed by atoms with Gasteiger partial charge in [-0.25, -0.2) is 4.98 Å². The minimum atomic E-state index is -0.799. The molecule has 0 aliphatic rings. The largest absolute Gasteiger partial charge is 0.385 e. The third-order valence-corrected chi connectivity index (χ3v) is 2.24. The average molecular weight is 186 g/mol. The van der Waals surface area contributed by atoms with Crippen LogP contribution in [0, 0.1) is 0 Å². The number of rotatable bonds is 2. The van der Waals surface area contributed by atoms with E-state index in [4.69, 9.17) is 11.6 Å². The maximum absolute atomic E-state index is 9.83. The zero-order chi connectivity index (χ0) is 9.19. The monoisotopic (exact) mass is 185 g/mol. The molecule has 1 unspecified atom stereocenters. The summed E-state index contributed by atoms with van der Waals surface area (Å²) in [6.45, 7) is 3.69. The van der Waals surface area contributed by atoms with Gasteiger partial charge in [0.25, 0.3) is 0 Å². The molecule has 0 saturated carbocycles. The van der Waals surface area contributed by atoms with E-state index >= 15 is 0 Å². The molecule has 0 saturated heterocycles. The van der Waals surface area contributed by atoms with Crippen molar-refractivity contribution in [1.82, 2.24) is 4.98 Å². The summed E-state index contributed by atoms with van der Waals surface area (Å²) < 4.78 is 0. The Morgan fingerprint density at radius 1 is 1.67 bits per heavy atom. The predicted octanol–water partition coefficient (Wildman–Crippen LogP) is 2.35. The maximum atomic E-state index is 9.83. The molecule has 0 aliphatic carbocycles. The zero-order valence-corrected chi connectivity index (χ0v) is 7.97. The van der Waals surface area contributed by atoms with Crippen molar-refractivity contribution in [2.45, 2.75) is 25.9 Å². The standard InChI is InChI=1S/C9H12ClNO/c1-3-9(2,12)7-4-5-11-8(10)6-7/h4-6,12H,3H2,1-2H3. The Bertz CT molecular complexity index is 273. The predicted molar refractivity (Wildman–Crippen MR) is 49.1 cm³/mol. The van der Waals surface area contributed by atoms with Crippen molar-refractivity contribution < 1.29 is 5.11 Å². The number of pyridine rings is 1. The maximum Gasteiger partial charge on any atom is 0.129 e. The molecule has 0 spiro atoms. The first-order valence-electron chi connectivity index (χ1n) is 3.90. The van der Waals surface area contributed by atoms with E-state index in [1.165, 1.54) is 0 Å². The van der Waals surface area contributed by atoms with Gasteiger partial charge < -0.3 is 5.11 Å². The topological polar surface area (TPSA) is 33.1 Å². The molecule has 0 fully saturated rings. The van der Waals surface area contributed by atoms with Crippen LogP contribution in [0.5, 0.6) is 0 Å². The van der Waals surface area contributed by atoms with E-state index in [-0.39, 0.29) is 0 Å². The number of hydrogen-bond donors (Lipinski definition) is 1. The molecule has 66 valence electrons. The van der Waals surface area contributed by atoms with Gasteiger partial charge in [-0.2, -0.15) is 0 Å². The number of aromatic nitrogens is 1. The van der Waals surface area contributed by atoms with Crippen molar-refractivity contribution >= 4 is 11.6 Å². The first-order chi connectivity index (χ1) is 5.56. The molecule has 3 heteroatoms. The van der Waals surface area contributed by atoms with Crippen LogP contribution in [0.25, 0.3) is 0 Å². The summed E-state index contributed by atoms with van der Waals surface area (Å²) in [6.07, 6.45) is 2.26. The fourth-order valence-corrected chi connectivity index (χ4v) is 1.12. The fraction of sp³-hybridized carbons (Fsp3) is 0.444. The van der Waals surface area contributed by atoms with E-state index in [2.05, 4.69) is 4.98 Å². The number of aliphatic hydroxyl groups is 1. The molecule has 1 aromatic rings. The lowest BCUT2D eigenvalue weighted by molar-refractivity contribution is 0.0530. The van der Waals surface area contributed by atoms with Gasteiger partial charge in [-0.05, 0) is 31.0 Å². The molecule has 0 radical (unpaired) electrons. The summed E-state index contributed by atoms with van der Waals surface area (Å²) in [6, 6.07) is 3.46. The molecule has 1 atom stereocenters. The Balaban J connectivity index is 3.03. The molecule has 1 N–H and O–H groups in total. The summed E-state index contributed by atoms with van der Waals surface area (Å²) in [5.41, 5.74) is 0.0112. The van der Waals surface area contributed by atoms with E-state index < -0.39 is 5.60 Å². The average Bonchev–Trinajstić information content (AvgIpc) is 2.05. The van der Waals surface area contributed by atoms with E-state index in [9.17, 15) is 5.11 Å². The highest BCUT2D eigenvalue weighted by atomic mass is 35.5. The SMILES string of the molecule is CCC(C)(O)c1ccnc(Cl)c1. The lowest BCUT2D eigenvalue weighted by Gasteiger charge is -2.21. The van der Waals surface area contributed by atoms with Gasteiger partial charge in [0.15, 0.2) is 0 Å². The molecule has 0 aromatic carbocycles. The highest BCUT2D eigenvalue weighted by molar-refractivity contribution is 6.29. The van der Waals surface area contributed by atoms with E-state index in [1.54, 1.807) is 25.3 Å². The summed E-state index contributed by atoms with van der Waals surface area (Å²) in [4.78, 5) is 3.84. The molecule has 0 bridgehead atoms. The molecule has 2 nitrogen and oxygen atoms in total. The lowest BCUT2D eigenvalue weighted by atomic mass is 9.95. The Kier molecular flexibility index (Phi) is 2.70. The first kappa shape index (κ1) is 9.49. The van der Waals surface area contributed by atoms with E-state index in [0.717, 1.165) is 5.56 Å². The molecule has 0 aliphatic heterocycles. The van der Waals surface area contributed by atoms with Crippen LogP contribution >= 0.6 is 11.6 Å². The van der Waals surface area contributed by atoms with Crippen LogP contribution in [0.15, 0.2) is 18.3 Å². The van der Waals surface area contributed by atoms with Gasteiger partial charge in [0, 0.05) is 6.20 Å². The third kappa shape index (κ3) is 1.96. The number of halogens is 1. The quantitative estimate of drug-likeness (QED) is 0.718. The van der Waals surface area contributed by atoms with Gasteiger partial charge in [0.2, 0.25) is 0 Å². The van der Waals surface area contributed by atoms with Crippen LogP contribution in [0.2, 0.25) is 5.15 Å². The molecule has 1 heterocycles. The smallest absolute Gasteiger partial charge is 0.129 e. The Morgan fingerprint density at radius 2 is 2.33 bits per heavy atom. The summed E-state index contributed by atoms with van der Waals surface area (Å²) >= 11 is 5.69. The van der Waals surface area contributed by atoms with Gasteiger partial charge in [-0.15, -0.1) is 0 Å². The fourth-order valence-electron chi connectivity index (χ4n) is 0.942. The van der Waals surface area contributed by atoms with Crippen molar-refractivity contribution in [3.05, 3.63) is 29.0 Å². The highest BCUT2D eigenvalue weighted by Crippen LogP contribution is 2.24. The normalized spacial score (nSPS) is 15.7. The second kappa shape index (κ2) is 3.42. The van der Waals surface area contributed by atoms with Crippen LogP contribution in [-0.4, -0.2) is 10.1 Å². The lowest BCUT2D eigenvalue weighted by Crippen LogP contribution is -2.19.